The van der Waals surface area contributed by atoms with Gasteiger partial charge in [0.25, 0.3) is 0 Å². The smallest absolute Gasteiger partial charge is 0.226 e. The second-order valence-electron chi connectivity index (χ2n) is 4.65. The Bertz CT molecular complexity index is 998. The summed E-state index contributed by atoms with van der Waals surface area (Å²) in [5.74, 6) is 1.28. The van der Waals surface area contributed by atoms with Crippen molar-refractivity contribution in [3.63, 3.8) is 0 Å². The van der Waals surface area contributed by atoms with Gasteiger partial charge in [-0.25, -0.2) is 9.97 Å². The molecule has 4 rings (SSSR count). The molecule has 1 aromatic carbocycles. The number of hydrogen-bond donors (Lipinski definition) is 0. The van der Waals surface area contributed by atoms with E-state index in [2.05, 4.69) is 20.1 Å². The number of methoxy groups -OCH3 is 1. The molecule has 6 nitrogen and oxygen atoms in total. The highest BCUT2D eigenvalue weighted by molar-refractivity contribution is 6.29. The standard InChI is InChI=1S/C15H10ClN5O/c1-22-10-5-2-4-9(8-10)13-19-14-12-11(6-3-7-17-12)18-15(16)21(14)20-13/h2-8H,1H3. The van der Waals surface area contributed by atoms with Crippen molar-refractivity contribution in [1.29, 1.82) is 0 Å². The van der Waals surface area contributed by atoms with Crippen molar-refractivity contribution in [2.24, 2.45) is 0 Å². The highest BCUT2D eigenvalue weighted by atomic mass is 35.5. The summed E-state index contributed by atoms with van der Waals surface area (Å²) in [6.07, 6.45) is 1.69. The summed E-state index contributed by atoms with van der Waals surface area (Å²) in [6, 6.07) is 11.2. The van der Waals surface area contributed by atoms with Crippen LogP contribution in [-0.2, 0) is 0 Å². The fourth-order valence-corrected chi connectivity index (χ4v) is 2.49. The van der Waals surface area contributed by atoms with E-state index in [0.29, 0.717) is 22.5 Å². The van der Waals surface area contributed by atoms with Gasteiger partial charge in [-0.3, -0.25) is 4.98 Å². The summed E-state index contributed by atoms with van der Waals surface area (Å²) in [6.45, 7) is 0. The first-order valence-electron chi connectivity index (χ1n) is 6.58. The average Bonchev–Trinajstić information content (AvgIpc) is 3.01. The van der Waals surface area contributed by atoms with Crippen LogP contribution in [0.3, 0.4) is 0 Å². The number of ether oxygens (including phenoxy) is 1. The molecule has 0 fully saturated rings. The zero-order chi connectivity index (χ0) is 15.1. The van der Waals surface area contributed by atoms with Gasteiger partial charge in [0.15, 0.2) is 11.5 Å². The molecule has 3 aromatic heterocycles. The summed E-state index contributed by atoms with van der Waals surface area (Å²) in [5.41, 5.74) is 2.76. The van der Waals surface area contributed by atoms with Crippen molar-refractivity contribution in [2.75, 3.05) is 7.11 Å². The average molecular weight is 312 g/mol. The lowest BCUT2D eigenvalue weighted by atomic mass is 10.2. The van der Waals surface area contributed by atoms with Gasteiger partial charge in [0, 0.05) is 11.8 Å². The first-order chi connectivity index (χ1) is 10.8. The summed E-state index contributed by atoms with van der Waals surface area (Å²) in [4.78, 5) is 13.2. The molecule has 22 heavy (non-hydrogen) atoms. The van der Waals surface area contributed by atoms with Gasteiger partial charge in [0.2, 0.25) is 5.28 Å². The number of rotatable bonds is 2. The lowest BCUT2D eigenvalue weighted by Crippen LogP contribution is -1.96. The van der Waals surface area contributed by atoms with E-state index < -0.39 is 0 Å². The third kappa shape index (κ3) is 1.96. The molecule has 0 saturated heterocycles. The maximum absolute atomic E-state index is 6.19. The number of nitrogens with zero attached hydrogens (tertiary/aromatic N) is 5. The van der Waals surface area contributed by atoms with Crippen molar-refractivity contribution >= 4 is 28.3 Å². The highest BCUT2D eigenvalue weighted by Crippen LogP contribution is 2.24. The largest absolute Gasteiger partial charge is 0.497 e. The van der Waals surface area contributed by atoms with Crippen LogP contribution in [0.4, 0.5) is 0 Å². The Morgan fingerprint density at radius 2 is 2.05 bits per heavy atom. The maximum atomic E-state index is 6.19. The Hall–Kier alpha value is -2.73. The van der Waals surface area contributed by atoms with Crippen LogP contribution < -0.4 is 4.74 Å². The second kappa shape index (κ2) is 4.92. The number of aromatic nitrogens is 5. The minimum atomic E-state index is 0.247. The van der Waals surface area contributed by atoms with E-state index in [9.17, 15) is 0 Å². The predicted octanol–water partition coefficient (Wildman–Crippen LogP) is 3.00. The molecule has 0 aliphatic carbocycles. The van der Waals surface area contributed by atoms with Crippen molar-refractivity contribution in [2.45, 2.75) is 0 Å². The van der Waals surface area contributed by atoms with E-state index in [1.165, 1.54) is 4.52 Å². The van der Waals surface area contributed by atoms with E-state index in [1.807, 2.05) is 36.4 Å². The van der Waals surface area contributed by atoms with Crippen molar-refractivity contribution < 1.29 is 4.74 Å². The third-order valence-electron chi connectivity index (χ3n) is 3.32. The molecule has 0 radical (unpaired) electrons. The summed E-state index contributed by atoms with van der Waals surface area (Å²) >= 11 is 6.19. The topological polar surface area (TPSA) is 65.2 Å². The summed E-state index contributed by atoms with van der Waals surface area (Å²) < 4.78 is 6.72. The molecule has 108 valence electrons. The molecular weight excluding hydrogens is 302 g/mol. The minimum absolute atomic E-state index is 0.247. The lowest BCUT2D eigenvalue weighted by Gasteiger charge is -2.00. The normalized spacial score (nSPS) is 11.2. The minimum Gasteiger partial charge on any atom is -0.497 e. The van der Waals surface area contributed by atoms with Gasteiger partial charge in [-0.1, -0.05) is 12.1 Å². The Labute approximate surface area is 130 Å². The molecule has 0 amide bonds. The molecule has 0 atom stereocenters. The third-order valence-corrected chi connectivity index (χ3v) is 3.57. The monoisotopic (exact) mass is 311 g/mol. The van der Waals surface area contributed by atoms with Crippen molar-refractivity contribution in [3.05, 3.63) is 47.9 Å². The summed E-state index contributed by atoms with van der Waals surface area (Å²) in [7, 11) is 1.62. The maximum Gasteiger partial charge on any atom is 0.226 e. The Morgan fingerprint density at radius 3 is 2.91 bits per heavy atom. The van der Waals surface area contributed by atoms with Crippen LogP contribution in [-0.4, -0.2) is 31.7 Å². The second-order valence-corrected chi connectivity index (χ2v) is 4.99. The molecule has 4 aromatic rings. The van der Waals surface area contributed by atoms with Gasteiger partial charge in [0.05, 0.1) is 12.6 Å². The predicted molar refractivity (Wildman–Crippen MR) is 83.1 cm³/mol. The quantitative estimate of drug-likeness (QED) is 0.532. The molecule has 0 N–H and O–H groups in total. The van der Waals surface area contributed by atoms with Gasteiger partial charge in [-0.15, -0.1) is 5.10 Å². The van der Waals surface area contributed by atoms with Gasteiger partial charge in [-0.05, 0) is 35.9 Å². The van der Waals surface area contributed by atoms with Crippen LogP contribution in [0, 0.1) is 0 Å². The van der Waals surface area contributed by atoms with E-state index in [0.717, 1.165) is 11.3 Å². The molecule has 0 bridgehead atoms. The van der Waals surface area contributed by atoms with E-state index >= 15 is 0 Å². The lowest BCUT2D eigenvalue weighted by molar-refractivity contribution is 0.415. The van der Waals surface area contributed by atoms with E-state index in [4.69, 9.17) is 16.3 Å². The Kier molecular flexibility index (Phi) is 2.90. The van der Waals surface area contributed by atoms with Crippen LogP contribution in [0.15, 0.2) is 42.6 Å². The molecule has 0 spiro atoms. The van der Waals surface area contributed by atoms with Crippen molar-refractivity contribution in [1.82, 2.24) is 24.6 Å². The molecular formula is C15H10ClN5O. The Morgan fingerprint density at radius 1 is 1.14 bits per heavy atom. The van der Waals surface area contributed by atoms with E-state index in [-0.39, 0.29) is 5.28 Å². The fraction of sp³-hybridized carbons (Fsp3) is 0.0667. The van der Waals surface area contributed by atoms with Crippen LogP contribution in [0.2, 0.25) is 5.28 Å². The van der Waals surface area contributed by atoms with Gasteiger partial charge in [-0.2, -0.15) is 4.52 Å². The van der Waals surface area contributed by atoms with Gasteiger partial charge in [0.1, 0.15) is 11.3 Å². The highest BCUT2D eigenvalue weighted by Gasteiger charge is 2.14. The number of halogens is 1. The van der Waals surface area contributed by atoms with Crippen LogP contribution in [0.1, 0.15) is 0 Å². The zero-order valence-electron chi connectivity index (χ0n) is 11.6. The fourth-order valence-electron chi connectivity index (χ4n) is 2.28. The van der Waals surface area contributed by atoms with E-state index in [1.54, 1.807) is 13.3 Å². The number of benzene rings is 1. The molecule has 0 aliphatic heterocycles. The van der Waals surface area contributed by atoms with Crippen LogP contribution in [0.5, 0.6) is 5.75 Å². The SMILES string of the molecule is COc1cccc(-c2nc3c4ncccc4nc(Cl)n3n2)c1. The zero-order valence-corrected chi connectivity index (χ0v) is 12.3. The molecule has 7 heteroatoms. The molecule has 0 aliphatic rings. The van der Waals surface area contributed by atoms with Crippen molar-refractivity contribution in [3.8, 4) is 17.1 Å². The first kappa shape index (κ1) is 13.0. The van der Waals surface area contributed by atoms with Crippen LogP contribution >= 0.6 is 11.6 Å². The van der Waals surface area contributed by atoms with Gasteiger partial charge >= 0.3 is 0 Å². The molecule has 0 unspecified atom stereocenters. The number of fused-ring (bicyclic) bond motifs is 3. The number of pyridine rings is 1. The first-order valence-corrected chi connectivity index (χ1v) is 6.95. The van der Waals surface area contributed by atoms with Crippen LogP contribution in [0.25, 0.3) is 28.1 Å². The molecule has 0 saturated carbocycles. The molecule has 3 heterocycles. The summed E-state index contributed by atoms with van der Waals surface area (Å²) in [5, 5.41) is 4.67. The number of hydrogen-bond acceptors (Lipinski definition) is 5. The van der Waals surface area contributed by atoms with Gasteiger partial charge < -0.3 is 4.74 Å². The Balaban J connectivity index is 2.00.